The first kappa shape index (κ1) is 46.3. The molecule has 3 aliphatic rings. The molecular weight excluding hydrogens is 737 g/mol. The first-order chi connectivity index (χ1) is 21.1. The molecule has 3 heterocycles. The molecule has 0 aromatic rings. The summed E-state index contributed by atoms with van der Waals surface area (Å²) >= 11 is 3.45. The molecule has 3 aliphatic heterocycles. The third kappa shape index (κ3) is 25.3. The van der Waals surface area contributed by atoms with Gasteiger partial charge in [0.05, 0.1) is 38.5 Å². The molecule has 0 aliphatic carbocycles. The van der Waals surface area contributed by atoms with Crippen LogP contribution in [0.3, 0.4) is 0 Å². The summed E-state index contributed by atoms with van der Waals surface area (Å²) in [6, 6.07) is -0.524. The van der Waals surface area contributed by atoms with Gasteiger partial charge in [-0.05, 0) is 70.9 Å². The zero-order valence-corrected chi connectivity index (χ0v) is 32.7. The van der Waals surface area contributed by atoms with Crippen LogP contribution in [-0.4, -0.2) is 115 Å². The molecule has 0 saturated carbocycles. The number of unbranched alkanes of at least 4 members (excludes halogenated alkanes) is 6. The zero-order chi connectivity index (χ0) is 31.4. The number of hydrogen-bond donors (Lipinski definition) is 5. The molecule has 0 aromatic heterocycles. The minimum absolute atomic E-state index is 0. The van der Waals surface area contributed by atoms with Crippen molar-refractivity contribution in [2.75, 3.05) is 62.1 Å². The summed E-state index contributed by atoms with van der Waals surface area (Å²) in [5.74, 6) is 4.04. The fraction of sp³-hybridized carbons (Fsp3) is 1.00. The predicted molar refractivity (Wildman–Crippen MR) is 213 cm³/mol. The molecule has 0 bridgehead atoms. The highest BCUT2D eigenvalue weighted by atomic mass is 79.9. The number of alkyl halides is 1. The first-order valence-electron chi connectivity index (χ1n) is 16.4. The molecule has 6 nitrogen and oxygen atoms in total. The Morgan fingerprint density at radius 1 is 0.591 bits per heavy atom. The van der Waals surface area contributed by atoms with Crippen molar-refractivity contribution in [3.63, 3.8) is 0 Å². The van der Waals surface area contributed by atoms with Crippen molar-refractivity contribution in [1.82, 2.24) is 4.90 Å². The van der Waals surface area contributed by atoms with E-state index in [0.717, 1.165) is 28.8 Å². The Bertz CT molecular complexity index is 559. The smallest absolute Gasteiger partial charge is 0.0609 e. The van der Waals surface area contributed by atoms with Crippen LogP contribution in [0.5, 0.6) is 0 Å². The zero-order valence-electron chi connectivity index (χ0n) is 26.2. The number of halogens is 1. The lowest BCUT2D eigenvalue weighted by Crippen LogP contribution is -2.41. The van der Waals surface area contributed by atoms with Crippen molar-refractivity contribution in [3.05, 3.63) is 0 Å². The van der Waals surface area contributed by atoms with Gasteiger partial charge < -0.3 is 26.2 Å². The fourth-order valence-electron chi connectivity index (χ4n) is 4.89. The van der Waals surface area contributed by atoms with Gasteiger partial charge in [-0.2, -0.15) is 0 Å². The average molecular weight is 802 g/mol. The Morgan fingerprint density at radius 3 is 1.25 bits per heavy atom. The maximum Gasteiger partial charge on any atom is 0.0609 e. The van der Waals surface area contributed by atoms with Crippen LogP contribution in [0.4, 0.5) is 0 Å². The minimum Gasteiger partial charge on any atom is -0.395 e. The van der Waals surface area contributed by atoms with Crippen LogP contribution in [0, 0.1) is 0 Å². The van der Waals surface area contributed by atoms with Crippen LogP contribution in [-0.2, 0) is 0 Å². The summed E-state index contributed by atoms with van der Waals surface area (Å²) in [5, 5.41) is 39.2. The van der Waals surface area contributed by atoms with Crippen LogP contribution in [0.15, 0.2) is 0 Å². The van der Waals surface area contributed by atoms with E-state index >= 15 is 0 Å². The van der Waals surface area contributed by atoms with E-state index in [1.807, 2.05) is 21.6 Å². The normalized spacial score (nSPS) is 21.3. The highest BCUT2D eigenvalue weighted by molar-refractivity contribution is 9.09. The Kier molecular flexibility index (Phi) is 35.6. The fourth-order valence-corrected chi connectivity index (χ4v) is 14.4. The van der Waals surface area contributed by atoms with Gasteiger partial charge in [-0.3, -0.25) is 4.90 Å². The molecule has 3 atom stereocenters. The van der Waals surface area contributed by atoms with E-state index in [-0.39, 0.29) is 39.9 Å². The van der Waals surface area contributed by atoms with Crippen LogP contribution in [0.2, 0.25) is 0 Å². The predicted octanol–water partition coefficient (Wildman–Crippen LogP) is 8.10. The van der Waals surface area contributed by atoms with Crippen molar-refractivity contribution in [2.45, 2.75) is 132 Å². The number of aliphatic hydroxyl groups excluding tert-OH is 4. The van der Waals surface area contributed by atoms with Crippen molar-refractivity contribution in [2.24, 2.45) is 5.73 Å². The third-order valence-corrected chi connectivity index (χ3v) is 17.3. The lowest BCUT2D eigenvalue weighted by atomic mass is 10.1. The number of hydrogen-bond acceptors (Lipinski definition) is 12. The number of rotatable bonds is 22. The topological polar surface area (TPSA) is 110 Å². The van der Waals surface area contributed by atoms with Crippen molar-refractivity contribution in [1.29, 1.82) is 0 Å². The summed E-state index contributed by atoms with van der Waals surface area (Å²) in [4.78, 5) is 2.33. The van der Waals surface area contributed by atoms with E-state index in [0.29, 0.717) is 0 Å². The van der Waals surface area contributed by atoms with Gasteiger partial charge in [-0.25, -0.2) is 0 Å². The highest BCUT2D eigenvalue weighted by Crippen LogP contribution is 2.41. The van der Waals surface area contributed by atoms with Gasteiger partial charge in [0.15, 0.2) is 0 Å². The van der Waals surface area contributed by atoms with Gasteiger partial charge in [-0.15, -0.1) is 0 Å². The molecule has 13 heteroatoms. The maximum atomic E-state index is 9.58. The third-order valence-electron chi connectivity index (χ3n) is 7.69. The Morgan fingerprint density at radius 2 is 0.977 bits per heavy atom. The van der Waals surface area contributed by atoms with Gasteiger partial charge >= 0.3 is 0 Å². The minimum atomic E-state index is -0.454. The molecule has 3 fully saturated rings. The van der Waals surface area contributed by atoms with E-state index in [1.165, 1.54) is 119 Å². The van der Waals surface area contributed by atoms with E-state index < -0.39 is 6.04 Å². The van der Waals surface area contributed by atoms with Gasteiger partial charge in [0.25, 0.3) is 0 Å². The van der Waals surface area contributed by atoms with E-state index in [1.54, 1.807) is 0 Å². The lowest BCUT2D eigenvalue weighted by molar-refractivity contribution is 0.0710. The molecule has 266 valence electrons. The van der Waals surface area contributed by atoms with E-state index in [2.05, 4.69) is 64.0 Å². The molecule has 44 heavy (non-hydrogen) atoms. The summed E-state index contributed by atoms with van der Waals surface area (Å²) in [6.07, 6.45) is 20.2. The van der Waals surface area contributed by atoms with Gasteiger partial charge in [0.2, 0.25) is 0 Å². The Balaban J connectivity index is 0.000000845. The van der Waals surface area contributed by atoms with Crippen LogP contribution in [0.25, 0.3) is 0 Å². The van der Waals surface area contributed by atoms with Crippen LogP contribution < -0.4 is 5.73 Å². The van der Waals surface area contributed by atoms with E-state index in [4.69, 9.17) is 15.9 Å². The molecule has 0 spiro atoms. The largest absolute Gasteiger partial charge is 0.395 e. The molecule has 6 N–H and O–H groups in total. The monoisotopic (exact) mass is 800 g/mol. The summed E-state index contributed by atoms with van der Waals surface area (Å²) < 4.78 is 0. The number of nitrogens with zero attached hydrogens (tertiary/aromatic N) is 1. The van der Waals surface area contributed by atoms with Crippen molar-refractivity contribution in [3.8, 4) is 0 Å². The Labute approximate surface area is 303 Å². The quantitative estimate of drug-likeness (QED) is 0.0415. The second kappa shape index (κ2) is 33.8. The van der Waals surface area contributed by atoms with Crippen molar-refractivity contribution < 1.29 is 20.4 Å². The highest BCUT2D eigenvalue weighted by Gasteiger charge is 2.19. The standard InChI is InChI=1S/C19H37NO2S4.C8H15BrS2.C3H9NO2.CH4/c21-15-17(16-22)20(11-5-1-3-7-18-9-13-23-25-18)12-6-2-4-8-19-10-14-24-26-19;9-6-3-1-2-4-8-5-7-10-11-8;4-3(1-5)2-6;/h17-19,21-22H,1-16H2;8H,1-7H2;3,5-6H,1-2,4H2;1H4. The van der Waals surface area contributed by atoms with Gasteiger partial charge in [-0.1, -0.05) is 127 Å². The van der Waals surface area contributed by atoms with Crippen LogP contribution >= 0.6 is 80.7 Å². The molecule has 3 saturated heterocycles. The molecule has 3 unspecified atom stereocenters. The second-order valence-electron chi connectivity index (χ2n) is 11.4. The van der Waals surface area contributed by atoms with Gasteiger partial charge in [0, 0.05) is 38.3 Å². The molecular formula is C31H65BrN2O4S6. The van der Waals surface area contributed by atoms with E-state index in [9.17, 15) is 10.2 Å². The number of aliphatic hydroxyl groups is 4. The first-order valence-corrected chi connectivity index (χ1v) is 24.7. The molecule has 0 radical (unpaired) electrons. The van der Waals surface area contributed by atoms with Crippen molar-refractivity contribution >= 4 is 80.7 Å². The van der Waals surface area contributed by atoms with Crippen LogP contribution in [0.1, 0.15) is 104 Å². The second-order valence-corrected chi connectivity index (χ2v) is 20.6. The van der Waals surface area contributed by atoms with Gasteiger partial charge in [0.1, 0.15) is 0 Å². The summed E-state index contributed by atoms with van der Waals surface area (Å²) in [7, 11) is 12.4. The molecule has 0 aromatic carbocycles. The SMILES string of the molecule is BrCCCCCC1CCSS1.C.NC(CO)CO.OCC(CO)N(CCCCCC1CCSS1)CCCCCC1CCSS1. The summed E-state index contributed by atoms with van der Waals surface area (Å²) in [5.41, 5.74) is 4.97. The summed E-state index contributed by atoms with van der Waals surface area (Å²) in [6.45, 7) is 1.90. The molecule has 3 rings (SSSR count). The number of nitrogens with two attached hydrogens (primary N) is 1. The molecule has 0 amide bonds. The maximum absolute atomic E-state index is 9.58. The Hall–Kier alpha value is 2.34. The lowest BCUT2D eigenvalue weighted by Gasteiger charge is -2.29. The average Bonchev–Trinajstić information content (AvgIpc) is 3.84.